The number of hydrogen-bond acceptors (Lipinski definition) is 3. The van der Waals surface area contributed by atoms with Gasteiger partial charge in [-0.15, -0.1) is 0 Å². The Hall–Kier alpha value is -1.07. The summed E-state index contributed by atoms with van der Waals surface area (Å²) in [5, 5.41) is 3.19. The molecule has 1 aliphatic heterocycles. The predicted octanol–water partition coefficient (Wildman–Crippen LogP) is 2.07. The maximum absolute atomic E-state index is 12.6. The molecule has 1 heterocycles. The number of rotatable bonds is 2. The van der Waals surface area contributed by atoms with E-state index in [1.807, 2.05) is 32.9 Å². The van der Waals surface area contributed by atoms with Crippen LogP contribution in [0.4, 0.5) is 5.69 Å². The van der Waals surface area contributed by atoms with Crippen LogP contribution in [-0.4, -0.2) is 32.4 Å². The topological polar surface area (TPSA) is 49.4 Å². The number of fused-ring (bicyclic) bond motifs is 1. The molecule has 1 N–H and O–H groups in total. The average Bonchev–Trinajstić information content (AvgIpc) is 2.38. The van der Waals surface area contributed by atoms with Gasteiger partial charge in [-0.25, -0.2) is 8.42 Å². The molecule has 4 nitrogen and oxygen atoms in total. The average molecular weight is 268 g/mol. The number of nitrogens with one attached hydrogen (secondary N) is 1. The number of benzene rings is 1. The Labute approximate surface area is 109 Å². The van der Waals surface area contributed by atoms with Crippen molar-refractivity contribution in [3.05, 3.63) is 23.8 Å². The molecule has 0 atom stereocenters. The molecule has 2 rings (SSSR count). The van der Waals surface area contributed by atoms with Gasteiger partial charge >= 0.3 is 0 Å². The molecule has 0 aromatic heterocycles. The molecule has 0 bridgehead atoms. The van der Waals surface area contributed by atoms with Crippen molar-refractivity contribution in [3.8, 4) is 0 Å². The number of sulfonamides is 1. The number of aryl methyl sites for hydroxylation is 1. The second kappa shape index (κ2) is 4.90. The van der Waals surface area contributed by atoms with Gasteiger partial charge in [0.1, 0.15) is 4.90 Å². The van der Waals surface area contributed by atoms with Crippen molar-refractivity contribution >= 4 is 15.7 Å². The molecule has 100 valence electrons. The number of anilines is 1. The molecule has 1 aromatic carbocycles. The fourth-order valence-corrected chi connectivity index (χ4v) is 4.02. The van der Waals surface area contributed by atoms with E-state index in [9.17, 15) is 8.42 Å². The zero-order chi connectivity index (χ0) is 13.3. The van der Waals surface area contributed by atoms with Gasteiger partial charge in [0.15, 0.2) is 0 Å². The Kier molecular flexibility index (Phi) is 3.64. The highest BCUT2D eigenvalue weighted by atomic mass is 32.2. The van der Waals surface area contributed by atoms with E-state index in [1.165, 1.54) is 0 Å². The SMILES string of the molecule is Cc1ccc2c(c1)S(=O)(=O)N(CC(C)C)CCN2. The minimum Gasteiger partial charge on any atom is -0.383 e. The highest BCUT2D eigenvalue weighted by molar-refractivity contribution is 7.89. The quantitative estimate of drug-likeness (QED) is 0.893. The van der Waals surface area contributed by atoms with Crippen LogP contribution < -0.4 is 5.32 Å². The van der Waals surface area contributed by atoms with Gasteiger partial charge < -0.3 is 5.32 Å². The van der Waals surface area contributed by atoms with Crippen molar-refractivity contribution in [2.24, 2.45) is 5.92 Å². The van der Waals surface area contributed by atoms with Crippen LogP contribution in [0.3, 0.4) is 0 Å². The van der Waals surface area contributed by atoms with Crippen LogP contribution in [0.2, 0.25) is 0 Å². The third kappa shape index (κ3) is 2.52. The van der Waals surface area contributed by atoms with Gasteiger partial charge in [-0.2, -0.15) is 4.31 Å². The van der Waals surface area contributed by atoms with E-state index in [2.05, 4.69) is 5.32 Å². The number of hydrogen-bond donors (Lipinski definition) is 1. The lowest BCUT2D eigenvalue weighted by molar-refractivity contribution is 0.379. The maximum atomic E-state index is 12.6. The molecule has 0 saturated heterocycles. The highest BCUT2D eigenvalue weighted by Crippen LogP contribution is 2.28. The van der Waals surface area contributed by atoms with Gasteiger partial charge in [-0.3, -0.25) is 0 Å². The molecule has 0 saturated carbocycles. The van der Waals surface area contributed by atoms with Crippen LogP contribution in [0.5, 0.6) is 0 Å². The van der Waals surface area contributed by atoms with Crippen molar-refractivity contribution in [2.75, 3.05) is 25.0 Å². The molecule has 1 aromatic rings. The lowest BCUT2D eigenvalue weighted by Crippen LogP contribution is -2.35. The molecule has 5 heteroatoms. The van der Waals surface area contributed by atoms with E-state index in [4.69, 9.17) is 0 Å². The molecule has 0 amide bonds. The van der Waals surface area contributed by atoms with Crippen molar-refractivity contribution < 1.29 is 8.42 Å². The maximum Gasteiger partial charge on any atom is 0.245 e. The Morgan fingerprint density at radius 1 is 1.39 bits per heavy atom. The summed E-state index contributed by atoms with van der Waals surface area (Å²) in [5.74, 6) is 0.325. The van der Waals surface area contributed by atoms with Gasteiger partial charge in [0, 0.05) is 19.6 Å². The van der Waals surface area contributed by atoms with Crippen molar-refractivity contribution in [1.82, 2.24) is 4.31 Å². The summed E-state index contributed by atoms with van der Waals surface area (Å²) in [6.45, 7) is 7.72. The predicted molar refractivity (Wildman–Crippen MR) is 73.3 cm³/mol. The molecule has 0 aliphatic carbocycles. The summed E-state index contributed by atoms with van der Waals surface area (Å²) in [5.41, 5.74) is 1.68. The molecule has 18 heavy (non-hydrogen) atoms. The third-order valence-electron chi connectivity index (χ3n) is 3.00. The fourth-order valence-electron chi connectivity index (χ4n) is 2.16. The van der Waals surface area contributed by atoms with Gasteiger partial charge in [-0.1, -0.05) is 19.9 Å². The molecule has 1 aliphatic rings. The zero-order valence-corrected chi connectivity index (χ0v) is 11.9. The summed E-state index contributed by atoms with van der Waals surface area (Å²) >= 11 is 0. The standard InChI is InChI=1S/C13H20N2O2S/c1-10(2)9-15-7-6-14-12-5-4-11(3)8-13(12)18(15,16)17/h4-5,8,10,14H,6-7,9H2,1-3H3. The molecule has 0 fully saturated rings. The second-order valence-electron chi connectivity index (χ2n) is 5.18. The van der Waals surface area contributed by atoms with E-state index in [0.29, 0.717) is 36.1 Å². The van der Waals surface area contributed by atoms with Crippen LogP contribution in [0.1, 0.15) is 19.4 Å². The van der Waals surface area contributed by atoms with Crippen LogP contribution in [0.25, 0.3) is 0 Å². The van der Waals surface area contributed by atoms with Crippen LogP contribution >= 0.6 is 0 Å². The first-order valence-electron chi connectivity index (χ1n) is 6.26. The first-order valence-corrected chi connectivity index (χ1v) is 7.70. The van der Waals surface area contributed by atoms with Crippen molar-refractivity contribution in [1.29, 1.82) is 0 Å². The lowest BCUT2D eigenvalue weighted by atomic mass is 10.2. The van der Waals surface area contributed by atoms with E-state index in [-0.39, 0.29) is 0 Å². The lowest BCUT2D eigenvalue weighted by Gasteiger charge is -2.21. The smallest absolute Gasteiger partial charge is 0.245 e. The first kappa shape index (κ1) is 13.4. The van der Waals surface area contributed by atoms with Crippen molar-refractivity contribution in [2.45, 2.75) is 25.7 Å². The summed E-state index contributed by atoms with van der Waals surface area (Å²) < 4.78 is 26.8. The van der Waals surface area contributed by atoms with Crippen molar-refractivity contribution in [3.63, 3.8) is 0 Å². The van der Waals surface area contributed by atoms with Gasteiger partial charge in [-0.05, 0) is 30.5 Å². The Bertz CT molecular complexity index is 538. The van der Waals surface area contributed by atoms with E-state index in [0.717, 1.165) is 5.56 Å². The van der Waals surface area contributed by atoms with Crippen LogP contribution in [-0.2, 0) is 10.0 Å². The summed E-state index contributed by atoms with van der Waals surface area (Å²) in [4.78, 5) is 0.403. The zero-order valence-electron chi connectivity index (χ0n) is 11.1. The molecule has 0 spiro atoms. The highest BCUT2D eigenvalue weighted by Gasteiger charge is 2.29. The monoisotopic (exact) mass is 268 g/mol. The second-order valence-corrected chi connectivity index (χ2v) is 7.09. The van der Waals surface area contributed by atoms with Gasteiger partial charge in [0.05, 0.1) is 5.69 Å². The molecule has 0 radical (unpaired) electrons. The first-order chi connectivity index (χ1) is 8.41. The Morgan fingerprint density at radius 3 is 2.78 bits per heavy atom. The normalized spacial score (nSPS) is 19.1. The number of nitrogens with zero attached hydrogens (tertiary/aromatic N) is 1. The Balaban J connectivity index is 2.48. The fraction of sp³-hybridized carbons (Fsp3) is 0.538. The Morgan fingerprint density at radius 2 is 2.11 bits per heavy atom. The molecule has 0 unspecified atom stereocenters. The van der Waals surface area contributed by atoms with Crippen LogP contribution in [0, 0.1) is 12.8 Å². The summed E-state index contributed by atoms with van der Waals surface area (Å²) in [6.07, 6.45) is 0. The van der Waals surface area contributed by atoms with E-state index in [1.54, 1.807) is 10.4 Å². The molecular formula is C13H20N2O2S. The summed E-state index contributed by atoms with van der Waals surface area (Å²) in [7, 11) is -3.37. The van der Waals surface area contributed by atoms with Gasteiger partial charge in [0.2, 0.25) is 10.0 Å². The minimum atomic E-state index is -3.37. The van der Waals surface area contributed by atoms with Gasteiger partial charge in [0.25, 0.3) is 0 Å². The largest absolute Gasteiger partial charge is 0.383 e. The minimum absolute atomic E-state index is 0.325. The van der Waals surface area contributed by atoms with E-state index < -0.39 is 10.0 Å². The third-order valence-corrected chi connectivity index (χ3v) is 4.91. The van der Waals surface area contributed by atoms with Crippen LogP contribution in [0.15, 0.2) is 23.1 Å². The summed E-state index contributed by atoms with van der Waals surface area (Å²) in [6, 6.07) is 5.52. The molecular weight excluding hydrogens is 248 g/mol. The van der Waals surface area contributed by atoms with E-state index >= 15 is 0 Å².